The van der Waals surface area contributed by atoms with E-state index in [1.807, 2.05) is 18.3 Å². The fourth-order valence-corrected chi connectivity index (χ4v) is 4.58. The summed E-state index contributed by atoms with van der Waals surface area (Å²) >= 11 is 13.3. The average Bonchev–Trinajstić information content (AvgIpc) is 3.52. The van der Waals surface area contributed by atoms with Crippen LogP contribution < -0.4 is 19.5 Å². The van der Waals surface area contributed by atoms with Gasteiger partial charge in [-0.3, -0.25) is 0 Å². The summed E-state index contributed by atoms with van der Waals surface area (Å²) in [6.07, 6.45) is 5.12. The van der Waals surface area contributed by atoms with Crippen LogP contribution in [0.25, 0.3) is 22.0 Å². The third-order valence-corrected chi connectivity index (χ3v) is 6.69. The number of pyridine rings is 2. The third-order valence-electron chi connectivity index (χ3n) is 5.94. The highest BCUT2D eigenvalue weighted by molar-refractivity contribution is 6.41. The number of hydrogen-bond acceptors (Lipinski definition) is 7. The number of fused-ring (bicyclic) bond motifs is 1. The van der Waals surface area contributed by atoms with Gasteiger partial charge in [-0.25, -0.2) is 9.97 Å². The highest BCUT2D eigenvalue weighted by atomic mass is 35.5. The molecular formula is C24H25Cl2N3O4. The lowest BCUT2D eigenvalue weighted by Crippen LogP contribution is -2.19. The van der Waals surface area contributed by atoms with E-state index in [1.54, 1.807) is 20.3 Å². The van der Waals surface area contributed by atoms with Crippen molar-refractivity contribution in [3.63, 3.8) is 0 Å². The van der Waals surface area contributed by atoms with Crippen LogP contribution in [-0.2, 0) is 4.74 Å². The largest absolute Gasteiger partial charge is 0.495 e. The fraction of sp³-hybridized carbons (Fsp3) is 0.417. The van der Waals surface area contributed by atoms with E-state index >= 15 is 0 Å². The summed E-state index contributed by atoms with van der Waals surface area (Å²) in [6.45, 7) is 2.06. The number of rotatable bonds is 8. The van der Waals surface area contributed by atoms with Crippen LogP contribution in [0.1, 0.15) is 19.3 Å². The zero-order valence-corrected chi connectivity index (χ0v) is 20.0. The Labute approximate surface area is 202 Å². The first-order valence-electron chi connectivity index (χ1n) is 11.0. The predicted octanol–water partition coefficient (Wildman–Crippen LogP) is 5.61. The Morgan fingerprint density at radius 1 is 1.06 bits per heavy atom. The van der Waals surface area contributed by atoms with Crippen molar-refractivity contribution in [1.29, 1.82) is 0 Å². The molecule has 9 heteroatoms. The minimum atomic E-state index is 0.250. The molecule has 1 N–H and O–H groups in total. The first-order chi connectivity index (χ1) is 16.1. The van der Waals surface area contributed by atoms with Crippen LogP contribution in [0.2, 0.25) is 10.0 Å². The molecule has 3 heterocycles. The van der Waals surface area contributed by atoms with E-state index in [9.17, 15) is 0 Å². The zero-order valence-electron chi connectivity index (χ0n) is 18.5. The fourth-order valence-electron chi connectivity index (χ4n) is 3.88. The number of nitrogens with one attached hydrogen (secondary N) is 1. The van der Waals surface area contributed by atoms with Crippen molar-refractivity contribution in [3.05, 3.63) is 34.4 Å². The van der Waals surface area contributed by atoms with Gasteiger partial charge in [-0.1, -0.05) is 23.2 Å². The van der Waals surface area contributed by atoms with Gasteiger partial charge in [0.1, 0.15) is 17.3 Å². The number of aromatic nitrogens is 2. The predicted molar refractivity (Wildman–Crippen MR) is 129 cm³/mol. The molecule has 7 nitrogen and oxygen atoms in total. The maximum absolute atomic E-state index is 6.66. The molecule has 3 aromatic rings. The maximum Gasteiger partial charge on any atom is 0.222 e. The Kier molecular flexibility index (Phi) is 6.36. The summed E-state index contributed by atoms with van der Waals surface area (Å²) in [5.41, 5.74) is 1.09. The number of nitrogens with zero attached hydrogens (tertiary/aromatic N) is 2. The monoisotopic (exact) mass is 489 g/mol. The Bertz CT molecular complexity index is 1150. The number of anilines is 1. The summed E-state index contributed by atoms with van der Waals surface area (Å²) in [6, 6.07) is 5.79. The second kappa shape index (κ2) is 9.41. The molecule has 2 fully saturated rings. The lowest BCUT2D eigenvalue weighted by atomic mass is 10.1. The van der Waals surface area contributed by atoms with Crippen LogP contribution in [0, 0.1) is 5.92 Å². The molecule has 1 atom stereocenters. The Balaban J connectivity index is 1.61. The quantitative estimate of drug-likeness (QED) is 0.440. The number of hydrogen-bond donors (Lipinski definition) is 1. The Morgan fingerprint density at radius 3 is 2.45 bits per heavy atom. The van der Waals surface area contributed by atoms with E-state index in [4.69, 9.17) is 47.1 Å². The minimum absolute atomic E-state index is 0.250. The maximum atomic E-state index is 6.66. The Morgan fingerprint density at radius 2 is 1.82 bits per heavy atom. The van der Waals surface area contributed by atoms with Crippen LogP contribution in [0.3, 0.4) is 0 Å². The molecule has 0 bridgehead atoms. The van der Waals surface area contributed by atoms with Crippen molar-refractivity contribution < 1.29 is 18.9 Å². The van der Waals surface area contributed by atoms with Gasteiger partial charge in [0.2, 0.25) is 5.88 Å². The van der Waals surface area contributed by atoms with E-state index in [1.165, 1.54) is 12.8 Å². The van der Waals surface area contributed by atoms with Crippen LogP contribution in [0.15, 0.2) is 24.4 Å². The summed E-state index contributed by atoms with van der Waals surface area (Å²) in [4.78, 5) is 9.43. The van der Waals surface area contributed by atoms with E-state index in [2.05, 4.69) is 10.3 Å². The van der Waals surface area contributed by atoms with E-state index < -0.39 is 0 Å². The molecule has 1 unspecified atom stereocenters. The molecule has 1 saturated heterocycles. The summed E-state index contributed by atoms with van der Waals surface area (Å²) in [7, 11) is 3.09. The van der Waals surface area contributed by atoms with Crippen molar-refractivity contribution in [2.75, 3.05) is 39.4 Å². The molecule has 0 radical (unpaired) electrons. The van der Waals surface area contributed by atoms with Gasteiger partial charge in [0, 0.05) is 35.2 Å². The first kappa shape index (κ1) is 22.3. The van der Waals surface area contributed by atoms with Crippen LogP contribution >= 0.6 is 23.2 Å². The van der Waals surface area contributed by atoms with Gasteiger partial charge in [0.15, 0.2) is 0 Å². The van der Waals surface area contributed by atoms with E-state index in [0.29, 0.717) is 57.8 Å². The molecular weight excluding hydrogens is 465 g/mol. The number of halogens is 2. The van der Waals surface area contributed by atoms with Crippen LogP contribution in [0.5, 0.6) is 17.4 Å². The van der Waals surface area contributed by atoms with Gasteiger partial charge in [-0.05, 0) is 37.3 Å². The number of benzene rings is 1. The van der Waals surface area contributed by atoms with Crippen molar-refractivity contribution in [1.82, 2.24) is 9.97 Å². The topological polar surface area (TPSA) is 74.7 Å². The molecule has 5 rings (SSSR count). The molecule has 1 aliphatic carbocycles. The Hall–Kier alpha value is -2.48. The molecule has 0 amide bonds. The molecule has 1 aromatic carbocycles. The van der Waals surface area contributed by atoms with Crippen LogP contribution in [0.4, 0.5) is 5.82 Å². The number of methoxy groups -OCH3 is 2. The van der Waals surface area contributed by atoms with Crippen molar-refractivity contribution in [2.45, 2.75) is 25.3 Å². The highest BCUT2D eigenvalue weighted by Gasteiger charge is 2.25. The zero-order chi connectivity index (χ0) is 22.9. The highest BCUT2D eigenvalue weighted by Crippen LogP contribution is 2.46. The molecule has 1 saturated carbocycles. The van der Waals surface area contributed by atoms with Gasteiger partial charge >= 0.3 is 0 Å². The molecule has 174 valence electrons. The normalized spacial score (nSPS) is 17.9. The molecule has 2 aromatic heterocycles. The lowest BCUT2D eigenvalue weighted by molar-refractivity contribution is 0.195. The number of ether oxygens (including phenoxy) is 4. The van der Waals surface area contributed by atoms with Crippen molar-refractivity contribution in [2.24, 2.45) is 5.92 Å². The summed E-state index contributed by atoms with van der Waals surface area (Å²) < 4.78 is 22.5. The second-order valence-corrected chi connectivity index (χ2v) is 9.10. The van der Waals surface area contributed by atoms with Gasteiger partial charge in [-0.15, -0.1) is 0 Å². The standard InChI is InChI=1S/C24H25Cl2N3O4/c1-30-18-9-19(31-2)23(26)21(22(18)25)17-7-14-10-27-20(28-15-5-6-32-12-15)8-16(14)24(29-17)33-11-13-3-4-13/h7-10,13,15H,3-6,11-12H2,1-2H3,(H,27,28). The SMILES string of the molecule is COc1cc(OC)c(Cl)c(-c2cc3cnc(NC4CCOC4)cc3c(OCC3CC3)n2)c1Cl. The lowest BCUT2D eigenvalue weighted by Gasteiger charge is -2.17. The van der Waals surface area contributed by atoms with Crippen molar-refractivity contribution in [3.8, 4) is 28.6 Å². The third kappa shape index (κ3) is 4.63. The first-order valence-corrected chi connectivity index (χ1v) is 11.7. The van der Waals surface area contributed by atoms with Gasteiger partial charge in [-0.2, -0.15) is 0 Å². The molecule has 33 heavy (non-hydrogen) atoms. The van der Waals surface area contributed by atoms with Crippen LogP contribution in [-0.4, -0.2) is 50.1 Å². The molecule has 1 aliphatic heterocycles. The van der Waals surface area contributed by atoms with Gasteiger partial charge in [0.25, 0.3) is 0 Å². The van der Waals surface area contributed by atoms with E-state index in [0.717, 1.165) is 29.6 Å². The second-order valence-electron chi connectivity index (χ2n) is 8.35. The summed E-state index contributed by atoms with van der Waals surface area (Å²) in [5.74, 6) is 2.77. The van der Waals surface area contributed by atoms with Crippen molar-refractivity contribution >= 4 is 39.8 Å². The van der Waals surface area contributed by atoms with E-state index in [-0.39, 0.29) is 6.04 Å². The van der Waals surface area contributed by atoms with Gasteiger partial charge in [0.05, 0.1) is 49.2 Å². The minimum Gasteiger partial charge on any atom is -0.495 e. The molecule has 0 spiro atoms. The molecule has 2 aliphatic rings. The smallest absolute Gasteiger partial charge is 0.222 e. The summed E-state index contributed by atoms with van der Waals surface area (Å²) in [5, 5.41) is 5.89. The van der Waals surface area contributed by atoms with Gasteiger partial charge < -0.3 is 24.3 Å². The average molecular weight is 490 g/mol.